The highest BCUT2D eigenvalue weighted by molar-refractivity contribution is 5.87. The number of nitrogens with zero attached hydrogens (tertiary/aromatic N) is 3. The van der Waals surface area contributed by atoms with Gasteiger partial charge in [0.2, 0.25) is 11.8 Å². The molecule has 1 aromatic rings. The monoisotopic (exact) mass is 371 g/mol. The largest absolute Gasteiger partial charge is 0.480 e. The molecule has 0 unspecified atom stereocenters. The van der Waals surface area contributed by atoms with Gasteiger partial charge in [0.15, 0.2) is 0 Å². The van der Waals surface area contributed by atoms with Crippen LogP contribution in [0.2, 0.25) is 0 Å². The molecule has 1 aromatic heterocycles. The standard InChI is InChI=1S/C20H25N3O4/c24-17(10-14-2-1-7-21-12-14)22-8-5-20(6-9-22)11-16(19(26)27)23(13-20)18(25)15-3-4-15/h1-2,7,12,15-16H,3-6,8-11,13H2,(H,26,27)/t16-/m1/s1. The Balaban J connectivity index is 1.38. The number of pyridine rings is 1. The van der Waals surface area contributed by atoms with Gasteiger partial charge in [-0.2, -0.15) is 0 Å². The fourth-order valence-corrected chi connectivity index (χ4v) is 4.46. The van der Waals surface area contributed by atoms with E-state index in [1.807, 2.05) is 17.0 Å². The molecule has 2 saturated heterocycles. The lowest BCUT2D eigenvalue weighted by molar-refractivity contribution is -0.148. The van der Waals surface area contributed by atoms with Crippen molar-refractivity contribution in [1.29, 1.82) is 0 Å². The van der Waals surface area contributed by atoms with Crippen LogP contribution in [0.4, 0.5) is 0 Å². The van der Waals surface area contributed by atoms with Crippen molar-refractivity contribution in [3.63, 3.8) is 0 Å². The molecule has 1 N–H and O–H groups in total. The number of carboxylic acids is 1. The van der Waals surface area contributed by atoms with Gasteiger partial charge in [-0.1, -0.05) is 6.07 Å². The first-order chi connectivity index (χ1) is 13.0. The van der Waals surface area contributed by atoms with E-state index in [2.05, 4.69) is 4.98 Å². The summed E-state index contributed by atoms with van der Waals surface area (Å²) in [5, 5.41) is 9.59. The van der Waals surface area contributed by atoms with Gasteiger partial charge in [-0.3, -0.25) is 14.6 Å². The zero-order chi connectivity index (χ0) is 19.0. The van der Waals surface area contributed by atoms with Crippen LogP contribution in [-0.2, 0) is 20.8 Å². The summed E-state index contributed by atoms with van der Waals surface area (Å²) in [4.78, 5) is 44.3. The number of rotatable bonds is 4. The molecule has 3 heterocycles. The number of aliphatic carboxylic acids is 1. The summed E-state index contributed by atoms with van der Waals surface area (Å²) in [5.74, 6) is -0.787. The highest BCUT2D eigenvalue weighted by Gasteiger charge is 2.52. The Kier molecular flexibility index (Phi) is 4.61. The van der Waals surface area contributed by atoms with Crippen molar-refractivity contribution in [3.05, 3.63) is 30.1 Å². The third-order valence-corrected chi connectivity index (χ3v) is 6.26. The van der Waals surface area contributed by atoms with Crippen LogP contribution in [0.5, 0.6) is 0 Å². The van der Waals surface area contributed by atoms with Crippen LogP contribution in [0, 0.1) is 11.3 Å². The van der Waals surface area contributed by atoms with Crippen molar-refractivity contribution >= 4 is 17.8 Å². The van der Waals surface area contributed by atoms with Gasteiger partial charge in [0.05, 0.1) is 6.42 Å². The summed E-state index contributed by atoms with van der Waals surface area (Å²) < 4.78 is 0. The number of piperidine rings is 1. The number of carbonyl (C=O) groups is 3. The van der Waals surface area contributed by atoms with Crippen molar-refractivity contribution in [2.45, 2.75) is 44.6 Å². The first-order valence-corrected chi connectivity index (χ1v) is 9.67. The van der Waals surface area contributed by atoms with E-state index in [0.29, 0.717) is 32.5 Å². The first kappa shape index (κ1) is 17.9. The predicted molar refractivity (Wildman–Crippen MR) is 96.7 cm³/mol. The highest BCUT2D eigenvalue weighted by atomic mass is 16.4. The number of carbonyl (C=O) groups excluding carboxylic acids is 2. The lowest BCUT2D eigenvalue weighted by Gasteiger charge is -2.39. The molecule has 0 aromatic carbocycles. The molecule has 1 aliphatic carbocycles. The molecule has 1 saturated carbocycles. The van der Waals surface area contributed by atoms with Gasteiger partial charge in [-0.25, -0.2) is 4.79 Å². The van der Waals surface area contributed by atoms with E-state index < -0.39 is 12.0 Å². The van der Waals surface area contributed by atoms with Gasteiger partial charge in [0, 0.05) is 37.9 Å². The van der Waals surface area contributed by atoms with E-state index in [-0.39, 0.29) is 23.1 Å². The fraction of sp³-hybridized carbons (Fsp3) is 0.600. The number of amides is 2. The minimum atomic E-state index is -0.907. The van der Waals surface area contributed by atoms with Crippen LogP contribution >= 0.6 is 0 Å². The topological polar surface area (TPSA) is 90.8 Å². The maximum atomic E-state index is 12.6. The molecule has 0 bridgehead atoms. The average Bonchev–Trinajstić information content (AvgIpc) is 3.45. The van der Waals surface area contributed by atoms with Gasteiger partial charge in [0.1, 0.15) is 6.04 Å². The molecule has 144 valence electrons. The van der Waals surface area contributed by atoms with Crippen molar-refractivity contribution in [3.8, 4) is 0 Å². The molecule has 0 radical (unpaired) electrons. The molecule has 7 heteroatoms. The lowest BCUT2D eigenvalue weighted by atomic mass is 9.76. The number of hydrogen-bond acceptors (Lipinski definition) is 4. The van der Waals surface area contributed by atoms with E-state index in [4.69, 9.17) is 0 Å². The molecule has 4 rings (SSSR count). The normalized spacial score (nSPS) is 24.2. The highest BCUT2D eigenvalue weighted by Crippen LogP contribution is 2.45. The molecule has 1 spiro atoms. The number of hydrogen-bond donors (Lipinski definition) is 1. The smallest absolute Gasteiger partial charge is 0.326 e. The van der Waals surface area contributed by atoms with E-state index >= 15 is 0 Å². The second-order valence-electron chi connectivity index (χ2n) is 8.22. The van der Waals surface area contributed by atoms with Crippen LogP contribution in [0.25, 0.3) is 0 Å². The molecule has 7 nitrogen and oxygen atoms in total. The Bertz CT molecular complexity index is 739. The minimum absolute atomic E-state index is 0.00867. The summed E-state index contributed by atoms with van der Waals surface area (Å²) in [6.45, 7) is 1.76. The van der Waals surface area contributed by atoms with Crippen LogP contribution < -0.4 is 0 Å². The zero-order valence-corrected chi connectivity index (χ0v) is 15.3. The maximum absolute atomic E-state index is 12.6. The van der Waals surface area contributed by atoms with E-state index in [9.17, 15) is 19.5 Å². The van der Waals surface area contributed by atoms with E-state index in [1.54, 1.807) is 17.3 Å². The number of aromatic nitrogens is 1. The number of carboxylic acid groups (broad SMARTS) is 1. The Labute approximate surface area is 158 Å². The Hall–Kier alpha value is -2.44. The SMILES string of the molecule is O=C(O)[C@H]1CC2(CCN(C(=O)Cc3cccnc3)CC2)CN1C(=O)C1CC1. The van der Waals surface area contributed by atoms with Crippen LogP contribution in [0.3, 0.4) is 0 Å². The molecule has 2 amide bonds. The lowest BCUT2D eigenvalue weighted by Crippen LogP contribution is -2.45. The van der Waals surface area contributed by atoms with E-state index in [0.717, 1.165) is 31.2 Å². The van der Waals surface area contributed by atoms with Crippen molar-refractivity contribution in [1.82, 2.24) is 14.8 Å². The van der Waals surface area contributed by atoms with Crippen molar-refractivity contribution in [2.75, 3.05) is 19.6 Å². The first-order valence-electron chi connectivity index (χ1n) is 9.67. The van der Waals surface area contributed by atoms with Gasteiger partial charge < -0.3 is 14.9 Å². The molecule has 27 heavy (non-hydrogen) atoms. The summed E-state index contributed by atoms with van der Waals surface area (Å²) in [7, 11) is 0. The molecule has 3 fully saturated rings. The van der Waals surface area contributed by atoms with Gasteiger partial charge in [-0.05, 0) is 49.1 Å². The summed E-state index contributed by atoms with van der Waals surface area (Å²) in [6, 6.07) is 3.01. The zero-order valence-electron chi connectivity index (χ0n) is 15.3. The van der Waals surface area contributed by atoms with Gasteiger partial charge >= 0.3 is 5.97 Å². The van der Waals surface area contributed by atoms with Crippen molar-refractivity contribution in [2.24, 2.45) is 11.3 Å². The molecular formula is C20H25N3O4. The average molecular weight is 371 g/mol. The third kappa shape index (κ3) is 3.68. The van der Waals surface area contributed by atoms with Crippen LogP contribution in [0.1, 0.15) is 37.7 Å². The Morgan fingerprint density at radius 3 is 2.56 bits per heavy atom. The van der Waals surface area contributed by atoms with Crippen LogP contribution in [0.15, 0.2) is 24.5 Å². The molecular weight excluding hydrogens is 346 g/mol. The minimum Gasteiger partial charge on any atom is -0.480 e. The number of likely N-dealkylation sites (tertiary alicyclic amines) is 2. The molecule has 2 aliphatic heterocycles. The Morgan fingerprint density at radius 2 is 1.96 bits per heavy atom. The van der Waals surface area contributed by atoms with Crippen LogP contribution in [-0.4, -0.2) is 63.4 Å². The third-order valence-electron chi connectivity index (χ3n) is 6.26. The second kappa shape index (κ2) is 6.94. The predicted octanol–water partition coefficient (Wildman–Crippen LogP) is 1.33. The molecule has 1 atom stereocenters. The Morgan fingerprint density at radius 1 is 1.22 bits per heavy atom. The van der Waals surface area contributed by atoms with Gasteiger partial charge in [-0.15, -0.1) is 0 Å². The molecule has 3 aliphatic rings. The summed E-state index contributed by atoms with van der Waals surface area (Å²) in [6.07, 6.45) is 7.51. The maximum Gasteiger partial charge on any atom is 0.326 e. The fourth-order valence-electron chi connectivity index (χ4n) is 4.46. The quantitative estimate of drug-likeness (QED) is 0.862. The van der Waals surface area contributed by atoms with E-state index in [1.165, 1.54) is 0 Å². The summed E-state index contributed by atoms with van der Waals surface area (Å²) in [5.41, 5.74) is 0.731. The van der Waals surface area contributed by atoms with Gasteiger partial charge in [0.25, 0.3) is 0 Å². The summed E-state index contributed by atoms with van der Waals surface area (Å²) >= 11 is 0. The van der Waals surface area contributed by atoms with Crippen molar-refractivity contribution < 1.29 is 19.5 Å². The second-order valence-corrected chi connectivity index (χ2v) is 8.22.